The molecule has 27 heavy (non-hydrogen) atoms. The van der Waals surface area contributed by atoms with Gasteiger partial charge >= 0.3 is 0 Å². The van der Waals surface area contributed by atoms with Crippen molar-refractivity contribution in [2.75, 3.05) is 0 Å². The summed E-state index contributed by atoms with van der Waals surface area (Å²) in [5.74, 6) is 0.244. The predicted octanol–water partition coefficient (Wildman–Crippen LogP) is 1.85. The summed E-state index contributed by atoms with van der Waals surface area (Å²) in [6.07, 6.45) is 4.65. The van der Waals surface area contributed by atoms with Crippen LogP contribution in [0.1, 0.15) is 15.9 Å². The molecular weight excluding hydrogens is 368 g/mol. The van der Waals surface area contributed by atoms with E-state index in [-0.39, 0.29) is 28.8 Å². The lowest BCUT2D eigenvalue weighted by Gasteiger charge is -2.10. The first-order valence-electron chi connectivity index (χ1n) is 7.86. The van der Waals surface area contributed by atoms with E-state index < -0.39 is 10.0 Å². The normalized spacial score (nSPS) is 11.0. The van der Waals surface area contributed by atoms with Gasteiger partial charge in [0.25, 0.3) is 5.91 Å². The van der Waals surface area contributed by atoms with E-state index in [0.717, 1.165) is 5.56 Å². The number of primary sulfonamides is 1. The monoisotopic (exact) mass is 384 g/mol. The second kappa shape index (κ2) is 7.94. The number of pyridine rings is 2. The van der Waals surface area contributed by atoms with Crippen LogP contribution in [0.4, 0.5) is 0 Å². The first-order chi connectivity index (χ1) is 12.9. The van der Waals surface area contributed by atoms with Crippen molar-refractivity contribution in [3.63, 3.8) is 0 Å². The van der Waals surface area contributed by atoms with Crippen LogP contribution in [-0.2, 0) is 16.6 Å². The zero-order valence-electron chi connectivity index (χ0n) is 14.1. The fourth-order valence-corrected chi connectivity index (χ4v) is 2.75. The van der Waals surface area contributed by atoms with Gasteiger partial charge in [-0.05, 0) is 42.0 Å². The number of carbonyl (C=O) groups is 1. The molecule has 0 bridgehead atoms. The lowest BCUT2D eigenvalue weighted by atomic mass is 10.2. The van der Waals surface area contributed by atoms with Crippen molar-refractivity contribution in [1.82, 2.24) is 15.3 Å². The molecule has 0 spiro atoms. The van der Waals surface area contributed by atoms with Crippen LogP contribution < -0.4 is 15.2 Å². The highest BCUT2D eigenvalue weighted by Crippen LogP contribution is 2.22. The van der Waals surface area contributed by atoms with Gasteiger partial charge in [-0.25, -0.2) is 18.5 Å². The smallest absolute Gasteiger partial charge is 0.257 e. The molecule has 138 valence electrons. The van der Waals surface area contributed by atoms with Crippen LogP contribution in [0, 0.1) is 0 Å². The number of aromatic nitrogens is 2. The molecular formula is C18H16N4O4S. The molecule has 0 aliphatic heterocycles. The van der Waals surface area contributed by atoms with E-state index in [9.17, 15) is 13.2 Å². The van der Waals surface area contributed by atoms with Crippen LogP contribution in [0.2, 0.25) is 0 Å². The summed E-state index contributed by atoms with van der Waals surface area (Å²) in [7, 11) is -3.75. The fourth-order valence-electron chi connectivity index (χ4n) is 2.24. The Hall–Kier alpha value is -3.30. The number of sulfonamides is 1. The summed E-state index contributed by atoms with van der Waals surface area (Å²) in [6, 6.07) is 12.6. The van der Waals surface area contributed by atoms with Crippen LogP contribution in [0.15, 0.2) is 72.0 Å². The third-order valence-corrected chi connectivity index (χ3v) is 4.50. The maximum absolute atomic E-state index is 12.5. The molecule has 0 saturated carbocycles. The van der Waals surface area contributed by atoms with Crippen molar-refractivity contribution in [2.45, 2.75) is 11.4 Å². The molecule has 8 nitrogen and oxygen atoms in total. The van der Waals surface area contributed by atoms with Crippen LogP contribution in [0.25, 0.3) is 0 Å². The van der Waals surface area contributed by atoms with Gasteiger partial charge in [0.2, 0.25) is 15.9 Å². The maximum atomic E-state index is 12.5. The molecule has 3 rings (SSSR count). The Bertz CT molecular complexity index is 1040. The van der Waals surface area contributed by atoms with Crippen molar-refractivity contribution in [3.8, 4) is 11.6 Å². The van der Waals surface area contributed by atoms with E-state index in [1.165, 1.54) is 24.5 Å². The fraction of sp³-hybridized carbons (Fsp3) is 0.0556. The Morgan fingerprint density at radius 1 is 1.07 bits per heavy atom. The summed E-state index contributed by atoms with van der Waals surface area (Å²) in [4.78, 5) is 20.6. The van der Waals surface area contributed by atoms with E-state index in [1.54, 1.807) is 42.6 Å². The molecule has 0 atom stereocenters. The topological polar surface area (TPSA) is 124 Å². The van der Waals surface area contributed by atoms with Gasteiger partial charge in [0.15, 0.2) is 0 Å². The molecule has 0 fully saturated rings. The van der Waals surface area contributed by atoms with Crippen LogP contribution in [0.3, 0.4) is 0 Å². The summed E-state index contributed by atoms with van der Waals surface area (Å²) >= 11 is 0. The standard InChI is InChI=1S/C18H16N4O4S/c19-27(24,25)15-7-5-13(6-8-15)11-22-17(23)16-4-2-10-21-18(16)26-14-3-1-9-20-12-14/h1-10,12H,11H2,(H,22,23)(H2,19,24,25). The number of rotatable bonds is 6. The van der Waals surface area contributed by atoms with E-state index >= 15 is 0 Å². The van der Waals surface area contributed by atoms with Gasteiger partial charge < -0.3 is 10.1 Å². The maximum Gasteiger partial charge on any atom is 0.257 e. The third kappa shape index (κ3) is 4.87. The van der Waals surface area contributed by atoms with Crippen LogP contribution in [0.5, 0.6) is 11.6 Å². The van der Waals surface area contributed by atoms with Crippen LogP contribution >= 0.6 is 0 Å². The minimum atomic E-state index is -3.75. The summed E-state index contributed by atoms with van der Waals surface area (Å²) < 4.78 is 28.2. The van der Waals surface area contributed by atoms with E-state index in [2.05, 4.69) is 15.3 Å². The molecule has 0 aliphatic carbocycles. The zero-order chi connectivity index (χ0) is 19.3. The van der Waals surface area contributed by atoms with E-state index in [0.29, 0.717) is 5.75 Å². The minimum Gasteiger partial charge on any atom is -0.437 e. The van der Waals surface area contributed by atoms with E-state index in [1.807, 2.05) is 0 Å². The number of hydrogen-bond donors (Lipinski definition) is 2. The minimum absolute atomic E-state index is 0.0111. The molecule has 0 radical (unpaired) electrons. The van der Waals surface area contributed by atoms with Crippen molar-refractivity contribution in [2.24, 2.45) is 5.14 Å². The molecule has 0 unspecified atom stereocenters. The summed E-state index contributed by atoms with van der Waals surface area (Å²) in [5, 5.41) is 7.81. The average Bonchev–Trinajstić information content (AvgIpc) is 2.67. The van der Waals surface area contributed by atoms with Gasteiger partial charge in [0, 0.05) is 18.9 Å². The first-order valence-corrected chi connectivity index (χ1v) is 9.41. The quantitative estimate of drug-likeness (QED) is 0.668. The molecule has 1 amide bonds. The number of hydrogen-bond acceptors (Lipinski definition) is 6. The number of nitrogens with one attached hydrogen (secondary N) is 1. The van der Waals surface area contributed by atoms with Gasteiger partial charge in [-0.15, -0.1) is 0 Å². The predicted molar refractivity (Wildman–Crippen MR) is 97.5 cm³/mol. The van der Waals surface area contributed by atoms with Gasteiger partial charge in [-0.1, -0.05) is 12.1 Å². The zero-order valence-corrected chi connectivity index (χ0v) is 14.9. The Kier molecular flexibility index (Phi) is 5.43. The molecule has 2 aromatic heterocycles. The van der Waals surface area contributed by atoms with Gasteiger partial charge in [-0.3, -0.25) is 9.78 Å². The number of nitrogens with zero attached hydrogens (tertiary/aromatic N) is 2. The van der Waals surface area contributed by atoms with Crippen molar-refractivity contribution >= 4 is 15.9 Å². The molecule has 1 aromatic carbocycles. The Balaban J connectivity index is 1.70. The summed E-state index contributed by atoms with van der Waals surface area (Å²) in [6.45, 7) is 0.199. The first kappa shape index (κ1) is 18.5. The van der Waals surface area contributed by atoms with E-state index in [4.69, 9.17) is 9.88 Å². The lowest BCUT2D eigenvalue weighted by Crippen LogP contribution is -2.23. The molecule has 0 aliphatic rings. The largest absolute Gasteiger partial charge is 0.437 e. The second-order valence-corrected chi connectivity index (χ2v) is 7.08. The van der Waals surface area contributed by atoms with Crippen molar-refractivity contribution in [1.29, 1.82) is 0 Å². The molecule has 9 heteroatoms. The lowest BCUT2D eigenvalue weighted by molar-refractivity contribution is 0.0948. The SMILES string of the molecule is NS(=O)(=O)c1ccc(CNC(=O)c2cccnc2Oc2cccnc2)cc1. The number of nitrogens with two attached hydrogens (primary N) is 1. The van der Waals surface area contributed by atoms with Gasteiger partial charge in [0.1, 0.15) is 11.3 Å². The highest BCUT2D eigenvalue weighted by Gasteiger charge is 2.14. The number of amides is 1. The Morgan fingerprint density at radius 3 is 2.48 bits per heavy atom. The average molecular weight is 384 g/mol. The van der Waals surface area contributed by atoms with Crippen molar-refractivity contribution < 1.29 is 17.9 Å². The number of benzene rings is 1. The molecule has 0 saturated heterocycles. The molecule has 2 heterocycles. The van der Waals surface area contributed by atoms with Gasteiger partial charge in [0.05, 0.1) is 11.1 Å². The molecule has 3 aromatic rings. The third-order valence-electron chi connectivity index (χ3n) is 3.57. The Morgan fingerprint density at radius 2 is 1.81 bits per heavy atom. The number of carbonyl (C=O) groups excluding carboxylic acids is 1. The Labute approximate surface area is 156 Å². The van der Waals surface area contributed by atoms with Gasteiger partial charge in [-0.2, -0.15) is 0 Å². The molecule has 3 N–H and O–H groups in total. The van der Waals surface area contributed by atoms with Crippen molar-refractivity contribution in [3.05, 3.63) is 78.2 Å². The van der Waals surface area contributed by atoms with Crippen LogP contribution in [-0.4, -0.2) is 24.3 Å². The highest BCUT2D eigenvalue weighted by molar-refractivity contribution is 7.89. The summed E-state index contributed by atoms with van der Waals surface area (Å²) in [5.41, 5.74) is 0.983. The highest BCUT2D eigenvalue weighted by atomic mass is 32.2. The second-order valence-electron chi connectivity index (χ2n) is 5.52. The number of ether oxygens (including phenoxy) is 1.